The molecule has 0 saturated carbocycles. The van der Waals surface area contributed by atoms with Crippen LogP contribution in [-0.2, 0) is 19.3 Å². The minimum atomic E-state index is -3.81. The molecule has 2 rings (SSSR count). The Balaban J connectivity index is 2.36. The van der Waals surface area contributed by atoms with Crippen molar-refractivity contribution in [1.29, 1.82) is 0 Å². The lowest BCUT2D eigenvalue weighted by atomic mass is 9.81. The minimum Gasteiger partial charge on any atom is -0.391 e. The predicted molar refractivity (Wildman–Crippen MR) is 134 cm³/mol. The fourth-order valence-corrected chi connectivity index (χ4v) is 7.39. The van der Waals surface area contributed by atoms with Crippen LogP contribution in [0, 0.1) is 23.7 Å². The number of ether oxygens (including phenoxy) is 2. The Morgan fingerprint density at radius 1 is 1.15 bits per heavy atom. The summed E-state index contributed by atoms with van der Waals surface area (Å²) in [6, 6.07) is 8.48. The van der Waals surface area contributed by atoms with Gasteiger partial charge in [0.25, 0.3) is 0 Å². The Labute approximate surface area is 201 Å². The van der Waals surface area contributed by atoms with E-state index in [1.54, 1.807) is 30.3 Å². The second-order valence-electron chi connectivity index (χ2n) is 10.5. The predicted octanol–water partition coefficient (Wildman–Crippen LogP) is 5.63. The fraction of sp³-hybridized carbons (Fsp3) is 0.704. The van der Waals surface area contributed by atoms with E-state index in [0.29, 0.717) is 12.5 Å². The summed E-state index contributed by atoms with van der Waals surface area (Å²) >= 11 is 0. The molecule has 6 heteroatoms. The molecule has 6 atom stereocenters. The van der Waals surface area contributed by atoms with Crippen molar-refractivity contribution in [2.45, 2.75) is 95.4 Å². The number of aliphatic hydroxyl groups excluding tert-OH is 1. The average Bonchev–Trinajstić information content (AvgIpc) is 3.10. The lowest BCUT2D eigenvalue weighted by Gasteiger charge is -2.38. The van der Waals surface area contributed by atoms with E-state index in [-0.39, 0.29) is 16.7 Å². The van der Waals surface area contributed by atoms with Gasteiger partial charge in [0, 0.05) is 5.92 Å². The zero-order valence-corrected chi connectivity index (χ0v) is 22.1. The molecule has 1 aromatic carbocycles. The van der Waals surface area contributed by atoms with Crippen molar-refractivity contribution in [3.8, 4) is 0 Å². The summed E-state index contributed by atoms with van der Waals surface area (Å²) < 4.78 is 39.8. The highest BCUT2D eigenvalue weighted by Gasteiger charge is 2.49. The average molecular weight is 481 g/mol. The normalized spacial score (nSPS) is 23.1. The third-order valence-electron chi connectivity index (χ3n) is 6.88. The molecule has 1 aliphatic rings. The van der Waals surface area contributed by atoms with Gasteiger partial charge in [-0.15, -0.1) is 6.58 Å². The first-order valence-electron chi connectivity index (χ1n) is 12.3. The van der Waals surface area contributed by atoms with Crippen molar-refractivity contribution in [3.63, 3.8) is 0 Å². The quantitative estimate of drug-likeness (QED) is 0.370. The molecule has 1 heterocycles. The first kappa shape index (κ1) is 28.0. The number of rotatable bonds is 13. The number of benzene rings is 1. The first-order chi connectivity index (χ1) is 15.4. The van der Waals surface area contributed by atoms with Crippen LogP contribution in [0.5, 0.6) is 0 Å². The van der Waals surface area contributed by atoms with Crippen molar-refractivity contribution < 1.29 is 23.0 Å². The molecule has 0 spiro atoms. The summed E-state index contributed by atoms with van der Waals surface area (Å²) in [6.45, 7) is 16.0. The highest BCUT2D eigenvalue weighted by atomic mass is 32.2. The third-order valence-corrected chi connectivity index (χ3v) is 9.12. The van der Waals surface area contributed by atoms with E-state index in [2.05, 4.69) is 13.5 Å². The van der Waals surface area contributed by atoms with Crippen molar-refractivity contribution >= 4 is 9.84 Å². The summed E-state index contributed by atoms with van der Waals surface area (Å²) in [5.41, 5.74) is 0. The summed E-state index contributed by atoms with van der Waals surface area (Å²) in [5, 5.41) is 10.6. The van der Waals surface area contributed by atoms with E-state index < -0.39 is 39.0 Å². The number of hydrogen-bond donors (Lipinski definition) is 1. The van der Waals surface area contributed by atoms with E-state index in [4.69, 9.17) is 9.47 Å². The lowest BCUT2D eigenvalue weighted by molar-refractivity contribution is -0.148. The summed E-state index contributed by atoms with van der Waals surface area (Å²) in [5.74, 6) is -0.831. The van der Waals surface area contributed by atoms with E-state index in [9.17, 15) is 13.5 Å². The van der Waals surface area contributed by atoms with E-state index >= 15 is 0 Å². The zero-order chi connectivity index (χ0) is 24.8. The van der Waals surface area contributed by atoms with Gasteiger partial charge in [0.15, 0.2) is 15.6 Å². The van der Waals surface area contributed by atoms with E-state index in [0.717, 1.165) is 25.7 Å². The van der Waals surface area contributed by atoms with Crippen LogP contribution in [0.25, 0.3) is 0 Å². The molecule has 0 aromatic heterocycles. The molecule has 1 N–H and O–H groups in total. The van der Waals surface area contributed by atoms with Gasteiger partial charge in [-0.2, -0.15) is 0 Å². The second kappa shape index (κ2) is 12.0. The highest BCUT2D eigenvalue weighted by molar-refractivity contribution is 7.92. The first-order valence-corrected chi connectivity index (χ1v) is 13.8. The molecule has 0 aliphatic carbocycles. The van der Waals surface area contributed by atoms with Gasteiger partial charge in [0.05, 0.1) is 29.0 Å². The molecule has 33 heavy (non-hydrogen) atoms. The van der Waals surface area contributed by atoms with Crippen LogP contribution in [0.3, 0.4) is 0 Å². The van der Waals surface area contributed by atoms with Crippen molar-refractivity contribution in [3.05, 3.63) is 43.0 Å². The smallest absolute Gasteiger partial charge is 0.184 e. The standard InChI is InChI=1S/C27H44O5S/c1-8-13-20(4)14-12-15-21(5)25(28)26(33(29,30)22-16-10-9-11-17-22)24(19(2)3)23-18-31-27(6,7)32-23/h8-11,16-17,19-21,23-26,28H,1,12-15,18H2,2-7H3/t20-,21-,23+,24+,25?,26?/m0/s1. The number of aliphatic hydroxyl groups is 1. The maximum absolute atomic E-state index is 13.9. The van der Waals surface area contributed by atoms with Gasteiger partial charge in [-0.25, -0.2) is 8.42 Å². The molecule has 5 nitrogen and oxygen atoms in total. The largest absolute Gasteiger partial charge is 0.391 e. The summed E-state index contributed by atoms with van der Waals surface area (Å²) in [7, 11) is -3.81. The van der Waals surface area contributed by atoms with Gasteiger partial charge in [-0.05, 0) is 56.6 Å². The number of allylic oxidation sites excluding steroid dienone is 1. The van der Waals surface area contributed by atoms with Crippen LogP contribution in [0.1, 0.15) is 67.2 Å². The van der Waals surface area contributed by atoms with E-state index in [1.807, 2.05) is 40.7 Å². The molecule has 1 saturated heterocycles. The van der Waals surface area contributed by atoms with Crippen LogP contribution < -0.4 is 0 Å². The monoisotopic (exact) mass is 480 g/mol. The van der Waals surface area contributed by atoms with Crippen molar-refractivity contribution in [1.82, 2.24) is 0 Å². The second-order valence-corrected chi connectivity index (χ2v) is 12.6. The van der Waals surface area contributed by atoms with Gasteiger partial charge < -0.3 is 14.6 Å². The highest BCUT2D eigenvalue weighted by Crippen LogP contribution is 2.39. The van der Waals surface area contributed by atoms with Crippen LogP contribution in [-0.4, -0.2) is 43.4 Å². The Morgan fingerprint density at radius 3 is 2.30 bits per heavy atom. The SMILES string of the molecule is C=CC[C@H](C)CCC[C@H](C)C(O)C([C@H](C(C)C)[C@H]1COC(C)(C)O1)S(=O)(=O)c1ccccc1. The Kier molecular flexibility index (Phi) is 10.2. The lowest BCUT2D eigenvalue weighted by Crippen LogP contribution is -2.50. The molecule has 1 fully saturated rings. The summed E-state index contributed by atoms with van der Waals surface area (Å²) in [4.78, 5) is 0.240. The number of sulfone groups is 1. The fourth-order valence-electron chi connectivity index (χ4n) is 5.00. The zero-order valence-electron chi connectivity index (χ0n) is 21.2. The summed E-state index contributed by atoms with van der Waals surface area (Å²) in [6.07, 6.45) is 4.22. The molecule has 1 aromatic rings. The maximum atomic E-state index is 13.9. The topological polar surface area (TPSA) is 72.8 Å². The molecule has 0 bridgehead atoms. The maximum Gasteiger partial charge on any atom is 0.184 e. The molecule has 188 valence electrons. The number of hydrogen-bond acceptors (Lipinski definition) is 5. The van der Waals surface area contributed by atoms with Gasteiger partial charge in [0.1, 0.15) is 0 Å². The van der Waals surface area contributed by atoms with Gasteiger partial charge in [0.2, 0.25) is 0 Å². The third kappa shape index (κ3) is 7.38. The van der Waals surface area contributed by atoms with Crippen molar-refractivity contribution in [2.75, 3.05) is 6.61 Å². The molecular weight excluding hydrogens is 436 g/mol. The molecular formula is C27H44O5S. The molecule has 2 unspecified atom stereocenters. The molecule has 0 amide bonds. The molecule has 0 radical (unpaired) electrons. The van der Waals surface area contributed by atoms with Crippen molar-refractivity contribution in [2.24, 2.45) is 23.7 Å². The minimum absolute atomic E-state index is 0.0227. The van der Waals surface area contributed by atoms with Crippen LogP contribution in [0.15, 0.2) is 47.9 Å². The van der Waals surface area contributed by atoms with E-state index in [1.165, 1.54) is 0 Å². The van der Waals surface area contributed by atoms with Crippen LogP contribution in [0.4, 0.5) is 0 Å². The Morgan fingerprint density at radius 2 is 1.79 bits per heavy atom. The molecule has 1 aliphatic heterocycles. The Hall–Kier alpha value is -1.21. The van der Waals surface area contributed by atoms with Gasteiger partial charge in [-0.1, -0.05) is 64.8 Å². The Bertz CT molecular complexity index is 833. The van der Waals surface area contributed by atoms with Crippen LogP contribution >= 0.6 is 0 Å². The van der Waals surface area contributed by atoms with Gasteiger partial charge in [-0.3, -0.25) is 0 Å². The van der Waals surface area contributed by atoms with Crippen LogP contribution in [0.2, 0.25) is 0 Å². The van der Waals surface area contributed by atoms with Gasteiger partial charge >= 0.3 is 0 Å².